The van der Waals surface area contributed by atoms with E-state index in [2.05, 4.69) is 103 Å². The first-order valence-corrected chi connectivity index (χ1v) is 19.9. The molecule has 2 atom stereocenters. The number of benzene rings is 2. The van der Waals surface area contributed by atoms with Crippen molar-refractivity contribution in [3.05, 3.63) is 82.5 Å². The van der Waals surface area contributed by atoms with Crippen LogP contribution in [0.15, 0.2) is 65.3 Å². The summed E-state index contributed by atoms with van der Waals surface area (Å²) in [5, 5.41) is 3.15. The smallest absolute Gasteiger partial charge is 1.00 e. The summed E-state index contributed by atoms with van der Waals surface area (Å²) in [6, 6.07) is 20.3. The van der Waals surface area contributed by atoms with Gasteiger partial charge in [-0.2, -0.15) is 11.1 Å². The molecular formula is C41H63Cl3SiTi. The van der Waals surface area contributed by atoms with Crippen LogP contribution in [-0.4, -0.2) is 8.07 Å². The summed E-state index contributed by atoms with van der Waals surface area (Å²) in [5.74, 6) is 0. The minimum atomic E-state index is -2.25. The summed E-state index contributed by atoms with van der Waals surface area (Å²) in [5.41, 5.74) is 7.16. The second-order valence-electron chi connectivity index (χ2n) is 13.8. The third kappa shape index (κ3) is 12.9. The summed E-state index contributed by atoms with van der Waals surface area (Å²) < 4.78 is 0. The Morgan fingerprint density at radius 3 is 1.37 bits per heavy atom. The van der Waals surface area contributed by atoms with Gasteiger partial charge in [0.2, 0.25) is 0 Å². The Hall–Kier alpha value is -0.279. The maximum Gasteiger partial charge on any atom is 4.00 e. The topological polar surface area (TPSA) is 0 Å². The molecule has 0 aliphatic heterocycles. The molecule has 1 aliphatic carbocycles. The average molecular weight is 738 g/mol. The van der Waals surface area contributed by atoms with Gasteiger partial charge in [-0.25, -0.2) is 5.57 Å². The van der Waals surface area contributed by atoms with E-state index in [1.165, 1.54) is 131 Å². The molecule has 0 amide bonds. The van der Waals surface area contributed by atoms with Gasteiger partial charge in [-0.3, -0.25) is 6.08 Å². The van der Waals surface area contributed by atoms with E-state index in [-0.39, 0.29) is 64.0 Å². The van der Waals surface area contributed by atoms with Crippen LogP contribution in [0, 0.1) is 19.9 Å². The molecule has 2 aromatic carbocycles. The van der Waals surface area contributed by atoms with Crippen molar-refractivity contribution in [1.82, 2.24) is 0 Å². The van der Waals surface area contributed by atoms with Gasteiger partial charge in [-0.15, -0.1) is 6.92 Å². The van der Waals surface area contributed by atoms with E-state index in [0.29, 0.717) is 0 Å². The van der Waals surface area contributed by atoms with Crippen molar-refractivity contribution in [2.24, 2.45) is 0 Å². The van der Waals surface area contributed by atoms with Gasteiger partial charge in [0.25, 0.3) is 0 Å². The second-order valence-corrected chi connectivity index (χ2v) is 18.3. The Labute approximate surface area is 320 Å². The van der Waals surface area contributed by atoms with Gasteiger partial charge in [0.15, 0.2) is 0 Å². The molecule has 2 unspecified atom stereocenters. The zero-order chi connectivity index (χ0) is 30.4. The van der Waals surface area contributed by atoms with E-state index in [9.17, 15) is 0 Å². The fourth-order valence-corrected chi connectivity index (χ4v) is 14.1. The fourth-order valence-electron chi connectivity index (χ4n) is 7.81. The maximum absolute atomic E-state index is 4.12. The van der Waals surface area contributed by atoms with E-state index >= 15 is 0 Å². The molecular weight excluding hydrogens is 675 g/mol. The third-order valence-corrected chi connectivity index (χ3v) is 16.5. The summed E-state index contributed by atoms with van der Waals surface area (Å²) in [7, 11) is -2.25. The van der Waals surface area contributed by atoms with Crippen LogP contribution in [0.3, 0.4) is 0 Å². The van der Waals surface area contributed by atoms with Crippen LogP contribution in [0.25, 0.3) is 0 Å². The molecule has 46 heavy (non-hydrogen) atoms. The average Bonchev–Trinajstić information content (AvgIpc) is 3.17. The molecule has 0 aromatic heterocycles. The van der Waals surface area contributed by atoms with Crippen LogP contribution in [0.4, 0.5) is 0 Å². The van der Waals surface area contributed by atoms with Gasteiger partial charge in [0.05, 0.1) is 0 Å². The predicted molar refractivity (Wildman–Crippen MR) is 191 cm³/mol. The van der Waals surface area contributed by atoms with E-state index in [1.807, 2.05) is 0 Å². The summed E-state index contributed by atoms with van der Waals surface area (Å²) in [6.45, 7) is 16.4. The van der Waals surface area contributed by atoms with Crippen LogP contribution < -0.4 is 47.6 Å². The molecule has 0 radical (unpaired) electrons. The zero-order valence-electron chi connectivity index (χ0n) is 30.3. The van der Waals surface area contributed by atoms with Gasteiger partial charge < -0.3 is 37.2 Å². The van der Waals surface area contributed by atoms with Crippen LogP contribution >= 0.6 is 0 Å². The first-order chi connectivity index (χ1) is 20.3. The number of hydrogen-bond donors (Lipinski definition) is 0. The molecule has 0 heterocycles. The van der Waals surface area contributed by atoms with Gasteiger partial charge in [0.1, 0.15) is 8.07 Å². The van der Waals surface area contributed by atoms with Crippen LogP contribution in [-0.2, 0) is 21.7 Å². The van der Waals surface area contributed by atoms with E-state index in [1.54, 1.807) is 15.9 Å². The standard InChI is InChI=1S/C41H63Si.3ClH.Ti/c1-8-9-10-11-12-13-14-15-16-17-18-19-20-21-22-26-29-42(39-27-24-23-25-28-39,40-31-34(2)30-35(3)32-40)41(7)33-36(4)37(5)38(41)6;;;;/h23-25,27-28,30-32H,8-22,26,29H2,1-7H3;3*1H;/q-1;;;;+4/p-3. The normalized spacial score (nSPS) is 16.8. The van der Waals surface area contributed by atoms with Crippen molar-refractivity contribution in [3.8, 4) is 0 Å². The summed E-state index contributed by atoms with van der Waals surface area (Å²) in [4.78, 5) is 0. The molecule has 256 valence electrons. The molecule has 0 spiro atoms. The first kappa shape index (κ1) is 47.8. The van der Waals surface area contributed by atoms with E-state index < -0.39 is 8.07 Å². The van der Waals surface area contributed by atoms with Gasteiger partial charge in [0, 0.05) is 0 Å². The second kappa shape index (κ2) is 24.8. The largest absolute Gasteiger partial charge is 4.00 e. The molecule has 1 aliphatic rings. The maximum atomic E-state index is 4.12. The van der Waals surface area contributed by atoms with Crippen molar-refractivity contribution < 1.29 is 58.9 Å². The van der Waals surface area contributed by atoms with Crippen molar-refractivity contribution in [2.75, 3.05) is 0 Å². The minimum Gasteiger partial charge on any atom is -1.00 e. The molecule has 0 N–H and O–H groups in total. The minimum absolute atomic E-state index is 0. The predicted octanol–water partition coefficient (Wildman–Crippen LogP) is 3.00. The van der Waals surface area contributed by atoms with Gasteiger partial charge in [-0.1, -0.05) is 205 Å². The number of rotatable bonds is 20. The molecule has 0 saturated heterocycles. The molecule has 0 saturated carbocycles. The van der Waals surface area contributed by atoms with E-state index in [4.69, 9.17) is 0 Å². The van der Waals surface area contributed by atoms with Gasteiger partial charge >= 0.3 is 21.7 Å². The molecule has 0 nitrogen and oxygen atoms in total. The number of halogens is 3. The Morgan fingerprint density at radius 2 is 0.978 bits per heavy atom. The number of unbranched alkanes of at least 4 members (excludes halogenated alkanes) is 15. The van der Waals surface area contributed by atoms with Crippen LogP contribution in [0.5, 0.6) is 0 Å². The van der Waals surface area contributed by atoms with E-state index in [0.717, 1.165) is 0 Å². The summed E-state index contributed by atoms with van der Waals surface area (Å²) in [6.07, 6.45) is 26.8. The van der Waals surface area contributed by atoms with Crippen molar-refractivity contribution in [3.63, 3.8) is 0 Å². The number of allylic oxidation sites excluding steroid dienone is 4. The van der Waals surface area contributed by atoms with Crippen molar-refractivity contribution >= 4 is 18.4 Å². The molecule has 0 fully saturated rings. The Balaban J connectivity index is 0. The zero-order valence-corrected chi connectivity index (χ0v) is 35.1. The van der Waals surface area contributed by atoms with Gasteiger partial charge in [-0.05, 0) is 19.9 Å². The molecule has 3 rings (SSSR count). The third-order valence-electron chi connectivity index (χ3n) is 10.6. The molecule has 2 aromatic rings. The molecule has 0 bridgehead atoms. The van der Waals surface area contributed by atoms with Crippen LogP contribution in [0.1, 0.15) is 148 Å². The Kier molecular flexibility index (Phi) is 25.8. The number of aryl methyl sites for hydroxylation is 2. The van der Waals surface area contributed by atoms with Crippen molar-refractivity contribution in [2.45, 2.75) is 162 Å². The number of hydrogen-bond acceptors (Lipinski definition) is 0. The summed E-state index contributed by atoms with van der Waals surface area (Å²) >= 11 is 0. The monoisotopic (exact) mass is 736 g/mol. The fraction of sp³-hybridized carbons (Fsp3) is 0.610. The first-order valence-electron chi connectivity index (χ1n) is 17.7. The Bertz CT molecular complexity index is 1140. The quantitative estimate of drug-likeness (QED) is 0.112. The van der Waals surface area contributed by atoms with Crippen molar-refractivity contribution in [1.29, 1.82) is 0 Å². The SMILES string of the molecule is CCCCCCCCCCCCCCCCCC[Si](c1ccccc1)(c1cc(C)cc(C)c1)C1(C)[C-]=C(C)C(C)=C1C.[Cl-].[Cl-].[Cl-].[Ti+4]. The Morgan fingerprint density at radius 1 is 0.565 bits per heavy atom. The molecule has 5 heteroatoms. The van der Waals surface area contributed by atoms with Crippen LogP contribution in [0.2, 0.25) is 11.1 Å².